The molecule has 21 heavy (non-hydrogen) atoms. The molecule has 0 aromatic heterocycles. The number of rotatable bonds is 6. The molecule has 1 aliphatic carbocycles. The van der Waals surface area contributed by atoms with E-state index in [2.05, 4.69) is 56.0 Å². The lowest BCUT2D eigenvalue weighted by molar-refractivity contribution is 0.289. The first-order valence-electron chi connectivity index (χ1n) is 8.25. The molecule has 1 fully saturated rings. The van der Waals surface area contributed by atoms with Gasteiger partial charge in [0.2, 0.25) is 0 Å². The highest BCUT2D eigenvalue weighted by Crippen LogP contribution is 2.43. The predicted molar refractivity (Wildman–Crippen MR) is 93.5 cm³/mol. The largest absolute Gasteiger partial charge is 0.0991 e. The second-order valence-corrected chi connectivity index (χ2v) is 6.33. The van der Waals surface area contributed by atoms with Crippen LogP contribution in [0.15, 0.2) is 66.8 Å². The molecule has 0 amide bonds. The van der Waals surface area contributed by atoms with Crippen molar-refractivity contribution in [1.29, 1.82) is 0 Å². The Balaban J connectivity index is 2.13. The highest BCUT2D eigenvalue weighted by molar-refractivity contribution is 5.28. The second-order valence-electron chi connectivity index (χ2n) is 6.33. The molecule has 1 saturated carbocycles. The van der Waals surface area contributed by atoms with Crippen LogP contribution >= 0.6 is 0 Å². The van der Waals surface area contributed by atoms with Crippen LogP contribution < -0.4 is 0 Å². The summed E-state index contributed by atoms with van der Waals surface area (Å²) in [4.78, 5) is 0. The SMILES string of the molecule is C=C/C=C\C/C=C(\C)CC1(c2ccccc2)CCCCC1. The summed E-state index contributed by atoms with van der Waals surface area (Å²) < 4.78 is 0. The molecule has 0 spiro atoms. The normalized spacial score (nSPS) is 18.8. The van der Waals surface area contributed by atoms with Gasteiger partial charge in [0.05, 0.1) is 0 Å². The number of allylic oxidation sites excluding steroid dienone is 5. The van der Waals surface area contributed by atoms with E-state index >= 15 is 0 Å². The van der Waals surface area contributed by atoms with Crippen molar-refractivity contribution in [2.45, 2.75) is 57.3 Å². The van der Waals surface area contributed by atoms with Crippen molar-refractivity contribution in [3.63, 3.8) is 0 Å². The van der Waals surface area contributed by atoms with Gasteiger partial charge in [-0.15, -0.1) is 0 Å². The van der Waals surface area contributed by atoms with Crippen molar-refractivity contribution in [2.75, 3.05) is 0 Å². The number of hydrogen-bond donors (Lipinski definition) is 0. The fourth-order valence-electron chi connectivity index (χ4n) is 3.64. The average Bonchev–Trinajstić information content (AvgIpc) is 2.53. The van der Waals surface area contributed by atoms with Crippen molar-refractivity contribution >= 4 is 0 Å². The van der Waals surface area contributed by atoms with Crippen LogP contribution in [0.2, 0.25) is 0 Å². The molecule has 0 heterocycles. The molecule has 0 nitrogen and oxygen atoms in total. The Bertz CT molecular complexity index is 484. The molecule has 0 atom stereocenters. The Morgan fingerprint density at radius 2 is 1.86 bits per heavy atom. The zero-order chi connectivity index (χ0) is 15.0. The molecular weight excluding hydrogens is 252 g/mol. The van der Waals surface area contributed by atoms with Crippen LogP contribution in [0, 0.1) is 0 Å². The van der Waals surface area contributed by atoms with Gasteiger partial charge in [0.25, 0.3) is 0 Å². The van der Waals surface area contributed by atoms with Crippen LogP contribution in [-0.4, -0.2) is 0 Å². The van der Waals surface area contributed by atoms with Gasteiger partial charge in [0.1, 0.15) is 0 Å². The molecule has 1 aliphatic rings. The minimum Gasteiger partial charge on any atom is -0.0991 e. The van der Waals surface area contributed by atoms with Crippen LogP contribution in [0.25, 0.3) is 0 Å². The van der Waals surface area contributed by atoms with Crippen LogP contribution in [0.1, 0.15) is 57.4 Å². The minimum atomic E-state index is 0.377. The standard InChI is InChI=1S/C21H28/c1-3-4-5-8-13-19(2)18-21(16-11-7-12-17-21)20-14-9-6-10-15-20/h3-6,9-10,13-15H,1,7-8,11-12,16-18H2,2H3/b5-4-,19-13+. The molecular formula is C21H28. The van der Waals surface area contributed by atoms with E-state index in [4.69, 9.17) is 0 Å². The fraction of sp³-hybridized carbons (Fsp3) is 0.429. The maximum atomic E-state index is 3.71. The minimum absolute atomic E-state index is 0.377. The lowest BCUT2D eigenvalue weighted by Gasteiger charge is -2.38. The van der Waals surface area contributed by atoms with Crippen molar-refractivity contribution in [3.8, 4) is 0 Å². The summed E-state index contributed by atoms with van der Waals surface area (Å²) in [6.45, 7) is 6.01. The topological polar surface area (TPSA) is 0 Å². The summed E-state index contributed by atoms with van der Waals surface area (Å²) in [5.41, 5.74) is 3.44. The van der Waals surface area contributed by atoms with Crippen molar-refractivity contribution < 1.29 is 0 Å². The van der Waals surface area contributed by atoms with E-state index in [1.165, 1.54) is 44.1 Å². The maximum Gasteiger partial charge on any atom is -0.000999 e. The Hall–Kier alpha value is -1.56. The van der Waals surface area contributed by atoms with Crippen LogP contribution in [0.5, 0.6) is 0 Å². The summed E-state index contributed by atoms with van der Waals surface area (Å²) in [6, 6.07) is 11.2. The zero-order valence-electron chi connectivity index (χ0n) is 13.4. The molecule has 2 rings (SSSR count). The third-order valence-corrected chi connectivity index (χ3v) is 4.69. The van der Waals surface area contributed by atoms with E-state index in [0.717, 1.165) is 6.42 Å². The van der Waals surface area contributed by atoms with E-state index in [1.54, 1.807) is 5.56 Å². The first-order chi connectivity index (χ1) is 10.3. The summed E-state index contributed by atoms with van der Waals surface area (Å²) in [7, 11) is 0. The molecule has 0 radical (unpaired) electrons. The van der Waals surface area contributed by atoms with Gasteiger partial charge in [0.15, 0.2) is 0 Å². The second kappa shape index (κ2) is 8.02. The first kappa shape index (κ1) is 15.8. The van der Waals surface area contributed by atoms with Gasteiger partial charge in [-0.1, -0.05) is 86.1 Å². The van der Waals surface area contributed by atoms with E-state index in [-0.39, 0.29) is 0 Å². The molecule has 0 heteroatoms. The summed E-state index contributed by atoms with van der Waals surface area (Å²) >= 11 is 0. The lowest BCUT2D eigenvalue weighted by atomic mass is 9.66. The maximum absolute atomic E-state index is 3.71. The van der Waals surface area contributed by atoms with Crippen molar-refractivity contribution in [2.24, 2.45) is 0 Å². The first-order valence-corrected chi connectivity index (χ1v) is 8.25. The van der Waals surface area contributed by atoms with Crippen LogP contribution in [0.4, 0.5) is 0 Å². The molecule has 0 unspecified atom stereocenters. The molecule has 0 N–H and O–H groups in total. The Morgan fingerprint density at radius 3 is 2.52 bits per heavy atom. The molecule has 1 aromatic carbocycles. The smallest absolute Gasteiger partial charge is 0.000999 e. The number of hydrogen-bond acceptors (Lipinski definition) is 0. The van der Waals surface area contributed by atoms with Gasteiger partial charge >= 0.3 is 0 Å². The molecule has 0 saturated heterocycles. The molecule has 1 aromatic rings. The number of benzene rings is 1. The van der Waals surface area contributed by atoms with Gasteiger partial charge in [-0.25, -0.2) is 0 Å². The summed E-state index contributed by atoms with van der Waals surface area (Å²) in [5, 5.41) is 0. The quantitative estimate of drug-likeness (QED) is 0.420. The highest BCUT2D eigenvalue weighted by atomic mass is 14.4. The zero-order valence-corrected chi connectivity index (χ0v) is 13.4. The van der Waals surface area contributed by atoms with Gasteiger partial charge in [-0.2, -0.15) is 0 Å². The Kier molecular flexibility index (Phi) is 6.04. The summed E-state index contributed by atoms with van der Waals surface area (Å²) in [5.74, 6) is 0. The Morgan fingerprint density at radius 1 is 1.14 bits per heavy atom. The van der Waals surface area contributed by atoms with Crippen molar-refractivity contribution in [1.82, 2.24) is 0 Å². The van der Waals surface area contributed by atoms with E-state index in [9.17, 15) is 0 Å². The van der Waals surface area contributed by atoms with Gasteiger partial charge < -0.3 is 0 Å². The molecule has 0 aliphatic heterocycles. The monoisotopic (exact) mass is 280 g/mol. The van der Waals surface area contributed by atoms with Gasteiger partial charge in [0, 0.05) is 0 Å². The Labute approximate surface area is 130 Å². The van der Waals surface area contributed by atoms with Gasteiger partial charge in [-0.05, 0) is 43.6 Å². The van der Waals surface area contributed by atoms with Crippen LogP contribution in [-0.2, 0) is 5.41 Å². The lowest BCUT2D eigenvalue weighted by Crippen LogP contribution is -2.29. The molecule has 0 bridgehead atoms. The summed E-state index contributed by atoms with van der Waals surface area (Å²) in [6.07, 6.45) is 17.5. The third-order valence-electron chi connectivity index (χ3n) is 4.69. The fourth-order valence-corrected chi connectivity index (χ4v) is 3.64. The van der Waals surface area contributed by atoms with E-state index in [1.807, 2.05) is 12.2 Å². The average molecular weight is 280 g/mol. The van der Waals surface area contributed by atoms with Crippen LogP contribution in [0.3, 0.4) is 0 Å². The van der Waals surface area contributed by atoms with Gasteiger partial charge in [-0.3, -0.25) is 0 Å². The van der Waals surface area contributed by atoms with E-state index < -0.39 is 0 Å². The molecule has 112 valence electrons. The predicted octanol–water partition coefficient (Wildman–Crippen LogP) is 6.36. The highest BCUT2D eigenvalue weighted by Gasteiger charge is 2.33. The van der Waals surface area contributed by atoms with Crippen molar-refractivity contribution in [3.05, 3.63) is 72.4 Å². The van der Waals surface area contributed by atoms with E-state index in [0.29, 0.717) is 5.41 Å². The third kappa shape index (κ3) is 4.46.